The molecular formula is C14H22BrN3O. The molecule has 0 saturated carbocycles. The highest BCUT2D eigenvalue weighted by Gasteiger charge is 2.40. The van der Waals surface area contributed by atoms with E-state index in [0.29, 0.717) is 5.69 Å². The van der Waals surface area contributed by atoms with Gasteiger partial charge in [-0.1, -0.05) is 13.3 Å². The molecule has 1 atom stereocenters. The van der Waals surface area contributed by atoms with Gasteiger partial charge in [-0.15, -0.1) is 0 Å². The molecule has 0 N–H and O–H groups in total. The van der Waals surface area contributed by atoms with E-state index < -0.39 is 5.54 Å². The van der Waals surface area contributed by atoms with E-state index in [9.17, 15) is 4.79 Å². The maximum Gasteiger partial charge on any atom is 0.201 e. The standard InChI is InChI=1S/C14H22BrN3O/c1-4-14(2,18-8-6-5-7-9-18)13(19)12-11(15)10-16-17(12)3/h10H,4-9H2,1-3H3. The number of likely N-dealkylation sites (tertiary alicyclic amines) is 1. The number of hydrogen-bond donors (Lipinski definition) is 0. The largest absolute Gasteiger partial charge is 0.291 e. The third kappa shape index (κ3) is 2.63. The third-order valence-corrected chi connectivity index (χ3v) is 4.92. The van der Waals surface area contributed by atoms with Gasteiger partial charge in [0.25, 0.3) is 0 Å². The van der Waals surface area contributed by atoms with Crippen LogP contribution in [0.2, 0.25) is 0 Å². The summed E-state index contributed by atoms with van der Waals surface area (Å²) in [6.07, 6.45) is 6.17. The molecule has 1 unspecified atom stereocenters. The molecule has 5 heteroatoms. The molecule has 1 aliphatic rings. The SMILES string of the molecule is CCC(C)(C(=O)c1c(Br)cnn1C)N1CCCCC1. The van der Waals surface area contributed by atoms with E-state index in [1.54, 1.807) is 10.9 Å². The first-order chi connectivity index (χ1) is 9.00. The van der Waals surface area contributed by atoms with Gasteiger partial charge in [0.1, 0.15) is 5.69 Å². The molecule has 4 nitrogen and oxygen atoms in total. The lowest BCUT2D eigenvalue weighted by Gasteiger charge is -2.41. The summed E-state index contributed by atoms with van der Waals surface area (Å²) in [5.41, 5.74) is 0.256. The molecule has 1 aromatic rings. The molecule has 1 aromatic heterocycles. The summed E-state index contributed by atoms with van der Waals surface area (Å²) in [5, 5.41) is 4.16. The molecule has 1 fully saturated rings. The van der Waals surface area contributed by atoms with Crippen LogP contribution >= 0.6 is 15.9 Å². The number of hydrogen-bond acceptors (Lipinski definition) is 3. The number of Topliss-reactive ketones (excluding diaryl/α,β-unsaturated/α-hetero) is 1. The van der Waals surface area contributed by atoms with Gasteiger partial charge < -0.3 is 0 Å². The van der Waals surface area contributed by atoms with Crippen LogP contribution in [0, 0.1) is 0 Å². The van der Waals surface area contributed by atoms with Gasteiger partial charge in [0, 0.05) is 7.05 Å². The van der Waals surface area contributed by atoms with Crippen molar-refractivity contribution in [2.45, 2.75) is 45.1 Å². The van der Waals surface area contributed by atoms with Gasteiger partial charge in [0.05, 0.1) is 16.2 Å². The minimum atomic E-state index is -0.420. The van der Waals surface area contributed by atoms with E-state index in [0.717, 1.165) is 24.0 Å². The smallest absolute Gasteiger partial charge is 0.201 e. The fourth-order valence-corrected chi connectivity index (χ4v) is 3.36. The van der Waals surface area contributed by atoms with E-state index in [2.05, 4.69) is 39.8 Å². The van der Waals surface area contributed by atoms with Crippen molar-refractivity contribution in [2.75, 3.05) is 13.1 Å². The topological polar surface area (TPSA) is 38.1 Å². The second-order valence-electron chi connectivity index (χ2n) is 5.47. The number of ketones is 1. The molecule has 0 aliphatic carbocycles. The zero-order valence-corrected chi connectivity index (χ0v) is 13.5. The first kappa shape index (κ1) is 14.7. The van der Waals surface area contributed by atoms with Gasteiger partial charge in [-0.3, -0.25) is 14.4 Å². The van der Waals surface area contributed by atoms with Crippen LogP contribution in [0.25, 0.3) is 0 Å². The van der Waals surface area contributed by atoms with Crippen molar-refractivity contribution < 1.29 is 4.79 Å². The molecule has 106 valence electrons. The minimum absolute atomic E-state index is 0.170. The van der Waals surface area contributed by atoms with E-state index in [-0.39, 0.29) is 5.78 Å². The van der Waals surface area contributed by atoms with Crippen LogP contribution in [0.15, 0.2) is 10.7 Å². The highest BCUT2D eigenvalue weighted by atomic mass is 79.9. The molecule has 19 heavy (non-hydrogen) atoms. The molecule has 0 spiro atoms. The molecule has 1 saturated heterocycles. The zero-order valence-electron chi connectivity index (χ0n) is 11.9. The van der Waals surface area contributed by atoms with Crippen molar-refractivity contribution in [3.8, 4) is 0 Å². The first-order valence-corrected chi connectivity index (χ1v) is 7.77. The van der Waals surface area contributed by atoms with Crippen molar-refractivity contribution in [1.29, 1.82) is 0 Å². The van der Waals surface area contributed by atoms with Gasteiger partial charge >= 0.3 is 0 Å². The summed E-state index contributed by atoms with van der Waals surface area (Å²) in [7, 11) is 1.82. The Labute approximate surface area is 123 Å². The predicted molar refractivity (Wildman–Crippen MR) is 79.4 cm³/mol. The van der Waals surface area contributed by atoms with Crippen molar-refractivity contribution in [3.05, 3.63) is 16.4 Å². The van der Waals surface area contributed by atoms with Crippen molar-refractivity contribution in [1.82, 2.24) is 14.7 Å². The number of halogens is 1. The maximum atomic E-state index is 13.0. The average molecular weight is 328 g/mol. The molecule has 0 amide bonds. The van der Waals surface area contributed by atoms with Gasteiger partial charge in [-0.05, 0) is 55.2 Å². The summed E-state index contributed by atoms with van der Waals surface area (Å²) in [6, 6.07) is 0. The molecule has 2 rings (SSSR count). The van der Waals surface area contributed by atoms with Gasteiger partial charge in [0.15, 0.2) is 0 Å². The Morgan fingerprint density at radius 1 is 1.42 bits per heavy atom. The Hall–Kier alpha value is -0.680. The Balaban J connectivity index is 2.32. The summed E-state index contributed by atoms with van der Waals surface area (Å²) in [4.78, 5) is 15.3. The number of aromatic nitrogens is 2. The maximum absolute atomic E-state index is 13.0. The lowest BCUT2D eigenvalue weighted by Crippen LogP contribution is -2.54. The van der Waals surface area contributed by atoms with Crippen LogP contribution in [0.1, 0.15) is 50.0 Å². The Morgan fingerprint density at radius 2 is 2.05 bits per heavy atom. The minimum Gasteiger partial charge on any atom is -0.291 e. The number of rotatable bonds is 4. The summed E-state index contributed by atoms with van der Waals surface area (Å²) in [6.45, 7) is 6.20. The fourth-order valence-electron chi connectivity index (χ4n) is 2.84. The molecule has 0 aromatic carbocycles. The normalized spacial score (nSPS) is 20.2. The third-order valence-electron chi connectivity index (χ3n) is 4.34. The van der Waals surface area contributed by atoms with Gasteiger partial charge in [-0.2, -0.15) is 5.10 Å². The van der Waals surface area contributed by atoms with Crippen LogP contribution in [-0.4, -0.2) is 39.1 Å². The highest BCUT2D eigenvalue weighted by molar-refractivity contribution is 9.10. The van der Waals surface area contributed by atoms with Crippen LogP contribution in [0.3, 0.4) is 0 Å². The molecule has 0 bridgehead atoms. The quantitative estimate of drug-likeness (QED) is 0.798. The number of nitrogens with zero attached hydrogens (tertiary/aromatic N) is 3. The Kier molecular flexibility index (Phi) is 4.46. The lowest BCUT2D eigenvalue weighted by molar-refractivity contribution is 0.0495. The zero-order chi connectivity index (χ0) is 14.0. The monoisotopic (exact) mass is 327 g/mol. The first-order valence-electron chi connectivity index (χ1n) is 6.98. The van der Waals surface area contributed by atoms with E-state index in [4.69, 9.17) is 0 Å². The highest BCUT2D eigenvalue weighted by Crippen LogP contribution is 2.30. The Bertz CT molecular complexity index is 446. The van der Waals surface area contributed by atoms with E-state index >= 15 is 0 Å². The number of aryl methyl sites for hydroxylation is 1. The number of carbonyl (C=O) groups excluding carboxylic acids is 1. The second kappa shape index (κ2) is 5.75. The average Bonchev–Trinajstić information content (AvgIpc) is 2.77. The molecular weight excluding hydrogens is 306 g/mol. The van der Waals surface area contributed by atoms with Crippen molar-refractivity contribution >= 4 is 21.7 Å². The predicted octanol–water partition coefficient (Wildman–Crippen LogP) is 3.02. The van der Waals surface area contributed by atoms with Crippen molar-refractivity contribution in [3.63, 3.8) is 0 Å². The summed E-state index contributed by atoms with van der Waals surface area (Å²) in [5.74, 6) is 0.170. The molecule has 0 radical (unpaired) electrons. The number of piperidine rings is 1. The Morgan fingerprint density at radius 3 is 2.53 bits per heavy atom. The van der Waals surface area contributed by atoms with Crippen LogP contribution in [0.4, 0.5) is 0 Å². The second-order valence-corrected chi connectivity index (χ2v) is 6.32. The fraction of sp³-hybridized carbons (Fsp3) is 0.714. The van der Waals surface area contributed by atoms with E-state index in [1.807, 2.05) is 7.05 Å². The number of carbonyl (C=O) groups is 1. The van der Waals surface area contributed by atoms with Crippen LogP contribution < -0.4 is 0 Å². The van der Waals surface area contributed by atoms with E-state index in [1.165, 1.54) is 19.3 Å². The summed E-state index contributed by atoms with van der Waals surface area (Å²) < 4.78 is 2.46. The van der Waals surface area contributed by atoms with Crippen LogP contribution in [0.5, 0.6) is 0 Å². The van der Waals surface area contributed by atoms with Gasteiger partial charge in [0.2, 0.25) is 5.78 Å². The molecule has 1 aliphatic heterocycles. The lowest BCUT2D eigenvalue weighted by atomic mass is 9.87. The van der Waals surface area contributed by atoms with Crippen molar-refractivity contribution in [2.24, 2.45) is 7.05 Å². The van der Waals surface area contributed by atoms with Gasteiger partial charge in [-0.25, -0.2) is 0 Å². The summed E-state index contributed by atoms with van der Waals surface area (Å²) >= 11 is 3.44. The van der Waals surface area contributed by atoms with Crippen LogP contribution in [-0.2, 0) is 7.05 Å². The molecule has 2 heterocycles.